The first-order chi connectivity index (χ1) is 10.1. The van der Waals surface area contributed by atoms with Crippen molar-refractivity contribution in [3.05, 3.63) is 64.7 Å². The van der Waals surface area contributed by atoms with Crippen LogP contribution in [0.1, 0.15) is 33.5 Å². The van der Waals surface area contributed by atoms with Gasteiger partial charge in [-0.3, -0.25) is 4.79 Å². The predicted molar refractivity (Wildman–Crippen MR) is 87.7 cm³/mol. The van der Waals surface area contributed by atoms with Gasteiger partial charge in [-0.25, -0.2) is 0 Å². The van der Waals surface area contributed by atoms with Gasteiger partial charge in [-0.05, 0) is 74.2 Å². The SMILES string of the molecule is Cc1ccc(C(=O)Nc2cccc(CCCN)c2)cc1C. The van der Waals surface area contributed by atoms with Gasteiger partial charge in [-0.1, -0.05) is 18.2 Å². The van der Waals surface area contributed by atoms with Crippen LogP contribution in [-0.4, -0.2) is 12.5 Å². The van der Waals surface area contributed by atoms with Crippen molar-refractivity contribution < 1.29 is 4.79 Å². The average Bonchev–Trinajstić information content (AvgIpc) is 2.48. The molecule has 0 aliphatic carbocycles. The van der Waals surface area contributed by atoms with Crippen LogP contribution in [0.15, 0.2) is 42.5 Å². The zero-order valence-electron chi connectivity index (χ0n) is 12.6. The van der Waals surface area contributed by atoms with Crippen LogP contribution in [0.3, 0.4) is 0 Å². The molecule has 0 unspecified atom stereocenters. The molecule has 0 aromatic heterocycles. The van der Waals surface area contributed by atoms with Crippen molar-refractivity contribution in [1.29, 1.82) is 0 Å². The summed E-state index contributed by atoms with van der Waals surface area (Å²) in [5, 5.41) is 2.95. The van der Waals surface area contributed by atoms with Gasteiger partial charge in [0.1, 0.15) is 0 Å². The van der Waals surface area contributed by atoms with Crippen LogP contribution in [-0.2, 0) is 6.42 Å². The molecular weight excluding hydrogens is 260 g/mol. The molecule has 0 aliphatic rings. The number of hydrogen-bond donors (Lipinski definition) is 2. The molecule has 0 fully saturated rings. The Hall–Kier alpha value is -2.13. The van der Waals surface area contributed by atoms with E-state index >= 15 is 0 Å². The zero-order valence-corrected chi connectivity index (χ0v) is 12.6. The molecule has 0 saturated heterocycles. The number of hydrogen-bond acceptors (Lipinski definition) is 2. The minimum atomic E-state index is -0.0749. The Kier molecular flexibility index (Phi) is 5.12. The normalized spacial score (nSPS) is 10.4. The first kappa shape index (κ1) is 15.3. The van der Waals surface area contributed by atoms with E-state index in [1.165, 1.54) is 11.1 Å². The molecule has 2 aromatic carbocycles. The molecule has 1 amide bonds. The van der Waals surface area contributed by atoms with Gasteiger partial charge >= 0.3 is 0 Å². The van der Waals surface area contributed by atoms with Gasteiger partial charge in [-0.15, -0.1) is 0 Å². The molecule has 0 spiro atoms. The second-order valence-electron chi connectivity index (χ2n) is 5.35. The Bertz CT molecular complexity index is 635. The second kappa shape index (κ2) is 7.04. The maximum absolute atomic E-state index is 12.3. The standard InChI is InChI=1S/C18H22N2O/c1-13-8-9-16(11-14(13)2)18(21)20-17-7-3-5-15(12-17)6-4-10-19/h3,5,7-9,11-12H,4,6,10,19H2,1-2H3,(H,20,21). The molecule has 21 heavy (non-hydrogen) atoms. The Labute approximate surface area is 126 Å². The van der Waals surface area contributed by atoms with Crippen LogP contribution in [0.5, 0.6) is 0 Å². The molecule has 3 heteroatoms. The molecule has 2 aromatic rings. The summed E-state index contributed by atoms with van der Waals surface area (Å²) < 4.78 is 0. The highest BCUT2D eigenvalue weighted by Gasteiger charge is 2.07. The van der Waals surface area contributed by atoms with Crippen LogP contribution < -0.4 is 11.1 Å². The summed E-state index contributed by atoms with van der Waals surface area (Å²) in [6.07, 6.45) is 1.89. The van der Waals surface area contributed by atoms with E-state index in [2.05, 4.69) is 11.4 Å². The summed E-state index contributed by atoms with van der Waals surface area (Å²) in [6, 6.07) is 13.7. The van der Waals surface area contributed by atoms with Gasteiger partial charge in [0.05, 0.1) is 0 Å². The van der Waals surface area contributed by atoms with Crippen molar-refractivity contribution in [2.75, 3.05) is 11.9 Å². The smallest absolute Gasteiger partial charge is 0.255 e. The van der Waals surface area contributed by atoms with E-state index in [1.54, 1.807) is 0 Å². The van der Waals surface area contributed by atoms with Crippen LogP contribution in [0, 0.1) is 13.8 Å². The number of rotatable bonds is 5. The molecule has 3 nitrogen and oxygen atoms in total. The maximum atomic E-state index is 12.3. The van der Waals surface area contributed by atoms with Crippen molar-refractivity contribution in [3.63, 3.8) is 0 Å². The van der Waals surface area contributed by atoms with Crippen molar-refractivity contribution in [1.82, 2.24) is 0 Å². The Morgan fingerprint density at radius 2 is 1.90 bits per heavy atom. The van der Waals surface area contributed by atoms with Gasteiger partial charge in [0.15, 0.2) is 0 Å². The third-order valence-corrected chi connectivity index (χ3v) is 3.62. The number of anilines is 1. The van der Waals surface area contributed by atoms with Crippen LogP contribution in [0.2, 0.25) is 0 Å². The molecule has 3 N–H and O–H groups in total. The van der Waals surface area contributed by atoms with Gasteiger partial charge in [0.25, 0.3) is 5.91 Å². The van der Waals surface area contributed by atoms with E-state index in [-0.39, 0.29) is 5.91 Å². The lowest BCUT2D eigenvalue weighted by Crippen LogP contribution is -2.12. The number of carbonyl (C=O) groups is 1. The summed E-state index contributed by atoms with van der Waals surface area (Å²) in [5.74, 6) is -0.0749. The third-order valence-electron chi connectivity index (χ3n) is 3.62. The molecule has 110 valence electrons. The Morgan fingerprint density at radius 1 is 1.10 bits per heavy atom. The quantitative estimate of drug-likeness (QED) is 0.882. The van der Waals surface area contributed by atoms with Crippen LogP contribution >= 0.6 is 0 Å². The van der Waals surface area contributed by atoms with E-state index < -0.39 is 0 Å². The van der Waals surface area contributed by atoms with Crippen molar-refractivity contribution >= 4 is 11.6 Å². The molecular formula is C18H22N2O. The number of benzene rings is 2. The highest BCUT2D eigenvalue weighted by Crippen LogP contribution is 2.15. The molecule has 0 aliphatic heterocycles. The fraction of sp³-hybridized carbons (Fsp3) is 0.278. The molecule has 0 heterocycles. The highest BCUT2D eigenvalue weighted by atomic mass is 16.1. The fourth-order valence-electron chi connectivity index (χ4n) is 2.20. The first-order valence-corrected chi connectivity index (χ1v) is 7.28. The lowest BCUT2D eigenvalue weighted by molar-refractivity contribution is 0.102. The summed E-state index contributed by atoms with van der Waals surface area (Å²) in [5.41, 5.74) is 10.5. The summed E-state index contributed by atoms with van der Waals surface area (Å²) in [4.78, 5) is 12.3. The number of carbonyl (C=O) groups excluding carboxylic acids is 1. The van der Waals surface area contributed by atoms with E-state index in [9.17, 15) is 4.79 Å². The average molecular weight is 282 g/mol. The number of aryl methyl sites for hydroxylation is 3. The summed E-state index contributed by atoms with van der Waals surface area (Å²) >= 11 is 0. The minimum Gasteiger partial charge on any atom is -0.330 e. The molecule has 0 saturated carbocycles. The summed E-state index contributed by atoms with van der Waals surface area (Å²) in [6.45, 7) is 4.73. The van der Waals surface area contributed by atoms with Gasteiger partial charge in [0, 0.05) is 11.3 Å². The van der Waals surface area contributed by atoms with Crippen molar-refractivity contribution in [3.8, 4) is 0 Å². The van der Waals surface area contributed by atoms with E-state index in [4.69, 9.17) is 5.73 Å². The summed E-state index contributed by atoms with van der Waals surface area (Å²) in [7, 11) is 0. The van der Waals surface area contributed by atoms with Crippen LogP contribution in [0.4, 0.5) is 5.69 Å². The van der Waals surface area contributed by atoms with Gasteiger partial charge in [0.2, 0.25) is 0 Å². The lowest BCUT2D eigenvalue weighted by Gasteiger charge is -2.09. The zero-order chi connectivity index (χ0) is 15.2. The van der Waals surface area contributed by atoms with E-state index in [1.807, 2.05) is 50.2 Å². The van der Waals surface area contributed by atoms with E-state index in [0.29, 0.717) is 12.1 Å². The number of nitrogens with one attached hydrogen (secondary N) is 1. The first-order valence-electron chi connectivity index (χ1n) is 7.28. The van der Waals surface area contributed by atoms with Gasteiger partial charge in [-0.2, -0.15) is 0 Å². The van der Waals surface area contributed by atoms with Gasteiger partial charge < -0.3 is 11.1 Å². The van der Waals surface area contributed by atoms with Crippen LogP contribution in [0.25, 0.3) is 0 Å². The fourth-order valence-corrected chi connectivity index (χ4v) is 2.20. The molecule has 0 atom stereocenters. The molecule has 0 bridgehead atoms. The van der Waals surface area contributed by atoms with Crippen molar-refractivity contribution in [2.45, 2.75) is 26.7 Å². The highest BCUT2D eigenvalue weighted by molar-refractivity contribution is 6.04. The Morgan fingerprint density at radius 3 is 2.62 bits per heavy atom. The largest absolute Gasteiger partial charge is 0.330 e. The third kappa shape index (κ3) is 4.17. The second-order valence-corrected chi connectivity index (χ2v) is 5.35. The molecule has 2 rings (SSSR count). The topological polar surface area (TPSA) is 55.1 Å². The molecule has 0 radical (unpaired) electrons. The van der Waals surface area contributed by atoms with Crippen molar-refractivity contribution in [2.24, 2.45) is 5.73 Å². The monoisotopic (exact) mass is 282 g/mol. The van der Waals surface area contributed by atoms with E-state index in [0.717, 1.165) is 24.1 Å². The predicted octanol–water partition coefficient (Wildman–Crippen LogP) is 3.45. The minimum absolute atomic E-state index is 0.0749. The number of nitrogens with two attached hydrogens (primary N) is 1. The Balaban J connectivity index is 2.10. The maximum Gasteiger partial charge on any atom is 0.255 e. The number of amides is 1. The lowest BCUT2D eigenvalue weighted by atomic mass is 10.1.